The molecule has 22 heavy (non-hydrogen) atoms. The van der Waals surface area contributed by atoms with Crippen molar-refractivity contribution >= 4 is 5.71 Å². The fourth-order valence-electron chi connectivity index (χ4n) is 2.87. The Morgan fingerprint density at radius 2 is 1.91 bits per heavy atom. The van der Waals surface area contributed by atoms with Gasteiger partial charge in [-0.05, 0) is 30.5 Å². The number of aliphatic imine (C=N–C) groups is 1. The molecule has 118 valence electrons. The zero-order chi connectivity index (χ0) is 15.9. The minimum absolute atomic E-state index is 0.102. The van der Waals surface area contributed by atoms with Crippen LogP contribution in [0.15, 0.2) is 35.5 Å². The first-order valence-electron chi connectivity index (χ1n) is 6.87. The Kier molecular flexibility index (Phi) is 3.66. The van der Waals surface area contributed by atoms with Crippen molar-refractivity contribution in [1.29, 1.82) is 0 Å². The van der Waals surface area contributed by atoms with Crippen LogP contribution in [0, 0.1) is 11.6 Å². The van der Waals surface area contributed by atoms with Gasteiger partial charge in [-0.2, -0.15) is 13.2 Å². The van der Waals surface area contributed by atoms with Gasteiger partial charge in [-0.25, -0.2) is 8.78 Å². The standard InChI is InChI=1S/C15H13F5N2/c16-9-1-2-10(12(17)7-9)11-3-4-13(11)22-6-5-14(21-8-22)15(18,19)20/h1-2,5-7,11,13H,3-4,8H2/t11-,13-/m0/s1. The highest BCUT2D eigenvalue weighted by molar-refractivity contribution is 5.99. The molecule has 0 spiro atoms. The third kappa shape index (κ3) is 2.71. The minimum atomic E-state index is -4.45. The summed E-state index contributed by atoms with van der Waals surface area (Å²) < 4.78 is 64.3. The van der Waals surface area contributed by atoms with Gasteiger partial charge in [-0.15, -0.1) is 0 Å². The van der Waals surface area contributed by atoms with E-state index < -0.39 is 23.5 Å². The molecule has 2 aliphatic rings. The predicted molar refractivity (Wildman–Crippen MR) is 71.5 cm³/mol. The van der Waals surface area contributed by atoms with E-state index in [1.54, 1.807) is 4.90 Å². The van der Waals surface area contributed by atoms with Crippen LogP contribution >= 0.6 is 0 Å². The normalized spacial score (nSPS) is 25.0. The summed E-state index contributed by atoms with van der Waals surface area (Å²) in [6.07, 6.45) is -0.714. The highest BCUT2D eigenvalue weighted by Crippen LogP contribution is 2.42. The van der Waals surface area contributed by atoms with Gasteiger partial charge in [-0.3, -0.25) is 4.99 Å². The fourth-order valence-corrected chi connectivity index (χ4v) is 2.87. The predicted octanol–water partition coefficient (Wildman–Crippen LogP) is 4.00. The molecule has 1 heterocycles. The Balaban J connectivity index is 1.73. The van der Waals surface area contributed by atoms with Gasteiger partial charge in [-0.1, -0.05) is 6.07 Å². The smallest absolute Gasteiger partial charge is 0.355 e. The molecule has 1 saturated carbocycles. The Hall–Kier alpha value is -1.92. The maximum Gasteiger partial charge on any atom is 0.433 e. The number of allylic oxidation sites excluding steroid dienone is 1. The second-order valence-electron chi connectivity index (χ2n) is 5.43. The van der Waals surface area contributed by atoms with Crippen LogP contribution in [-0.4, -0.2) is 29.5 Å². The maximum absolute atomic E-state index is 13.8. The van der Waals surface area contributed by atoms with Crippen LogP contribution in [0.3, 0.4) is 0 Å². The van der Waals surface area contributed by atoms with E-state index in [2.05, 4.69) is 4.99 Å². The average molecular weight is 316 g/mol. The molecule has 0 amide bonds. The van der Waals surface area contributed by atoms with Crippen molar-refractivity contribution in [2.75, 3.05) is 6.67 Å². The van der Waals surface area contributed by atoms with Crippen LogP contribution in [0.5, 0.6) is 0 Å². The zero-order valence-electron chi connectivity index (χ0n) is 11.4. The quantitative estimate of drug-likeness (QED) is 0.753. The number of hydrogen-bond acceptors (Lipinski definition) is 2. The third-order valence-corrected chi connectivity index (χ3v) is 4.14. The fraction of sp³-hybridized carbons (Fsp3) is 0.400. The van der Waals surface area contributed by atoms with Crippen LogP contribution in [0.1, 0.15) is 24.3 Å². The van der Waals surface area contributed by atoms with Crippen LogP contribution in [0.2, 0.25) is 0 Å². The molecule has 0 radical (unpaired) electrons. The topological polar surface area (TPSA) is 15.6 Å². The van der Waals surface area contributed by atoms with Gasteiger partial charge in [0, 0.05) is 24.2 Å². The molecule has 0 aromatic heterocycles. The van der Waals surface area contributed by atoms with E-state index in [1.165, 1.54) is 18.3 Å². The molecule has 0 unspecified atom stereocenters. The van der Waals surface area contributed by atoms with Gasteiger partial charge in [0.15, 0.2) is 0 Å². The summed E-state index contributed by atoms with van der Waals surface area (Å²) in [6, 6.07) is 3.31. The highest BCUT2D eigenvalue weighted by atomic mass is 19.4. The molecule has 1 fully saturated rings. The van der Waals surface area contributed by atoms with E-state index in [0.717, 1.165) is 18.6 Å². The number of alkyl halides is 3. The first kappa shape index (κ1) is 15.0. The third-order valence-electron chi connectivity index (χ3n) is 4.14. The molecule has 3 rings (SSSR count). The molecule has 2 nitrogen and oxygen atoms in total. The Morgan fingerprint density at radius 1 is 1.14 bits per heavy atom. The van der Waals surface area contributed by atoms with Crippen molar-refractivity contribution in [3.8, 4) is 0 Å². The summed E-state index contributed by atoms with van der Waals surface area (Å²) in [6.45, 7) is -0.102. The van der Waals surface area contributed by atoms with Crippen LogP contribution in [0.25, 0.3) is 0 Å². The van der Waals surface area contributed by atoms with Crippen molar-refractivity contribution in [2.24, 2.45) is 4.99 Å². The Bertz CT molecular complexity index is 635. The Labute approximate surface area is 123 Å². The summed E-state index contributed by atoms with van der Waals surface area (Å²) in [5, 5.41) is 0. The van der Waals surface area contributed by atoms with Crippen molar-refractivity contribution in [1.82, 2.24) is 4.90 Å². The molecule has 1 aliphatic carbocycles. The average Bonchev–Trinajstić information content (AvgIpc) is 2.40. The van der Waals surface area contributed by atoms with Gasteiger partial charge < -0.3 is 4.90 Å². The first-order chi connectivity index (χ1) is 10.4. The maximum atomic E-state index is 13.8. The summed E-state index contributed by atoms with van der Waals surface area (Å²) in [5.74, 6) is -1.42. The molecule has 1 aromatic rings. The minimum Gasteiger partial charge on any atom is -0.355 e. The van der Waals surface area contributed by atoms with Crippen molar-refractivity contribution < 1.29 is 22.0 Å². The number of hydrogen-bond donors (Lipinski definition) is 0. The van der Waals surface area contributed by atoms with E-state index >= 15 is 0 Å². The lowest BCUT2D eigenvalue weighted by atomic mass is 9.74. The molecule has 0 bridgehead atoms. The lowest BCUT2D eigenvalue weighted by Gasteiger charge is -2.44. The van der Waals surface area contributed by atoms with Gasteiger partial charge in [0.05, 0.1) is 0 Å². The molecule has 0 N–H and O–H groups in total. The molecule has 1 aliphatic heterocycles. The highest BCUT2D eigenvalue weighted by Gasteiger charge is 2.40. The van der Waals surface area contributed by atoms with Gasteiger partial charge in [0.1, 0.15) is 24.0 Å². The second kappa shape index (κ2) is 5.37. The van der Waals surface area contributed by atoms with E-state index in [0.29, 0.717) is 12.0 Å². The number of halogens is 5. The number of rotatable bonds is 2. The van der Waals surface area contributed by atoms with E-state index in [9.17, 15) is 22.0 Å². The summed E-state index contributed by atoms with van der Waals surface area (Å²) in [5.41, 5.74) is -0.510. The van der Waals surface area contributed by atoms with Gasteiger partial charge in [0.25, 0.3) is 0 Å². The van der Waals surface area contributed by atoms with Gasteiger partial charge >= 0.3 is 6.18 Å². The van der Waals surface area contributed by atoms with E-state index in [4.69, 9.17) is 0 Å². The van der Waals surface area contributed by atoms with Crippen LogP contribution in [-0.2, 0) is 0 Å². The molecule has 7 heteroatoms. The van der Waals surface area contributed by atoms with E-state index in [-0.39, 0.29) is 18.6 Å². The second-order valence-corrected chi connectivity index (χ2v) is 5.43. The largest absolute Gasteiger partial charge is 0.433 e. The molecular weight excluding hydrogens is 303 g/mol. The Morgan fingerprint density at radius 3 is 2.41 bits per heavy atom. The SMILES string of the molecule is Fc1ccc([C@@H]2CC[C@@H]2N2C=CC(C(F)(F)F)=NC2)c(F)c1. The summed E-state index contributed by atoms with van der Waals surface area (Å²) in [7, 11) is 0. The first-order valence-corrected chi connectivity index (χ1v) is 6.87. The van der Waals surface area contributed by atoms with Crippen molar-refractivity contribution in [3.05, 3.63) is 47.7 Å². The number of benzene rings is 1. The lowest BCUT2D eigenvalue weighted by Crippen LogP contribution is -2.45. The van der Waals surface area contributed by atoms with Crippen molar-refractivity contribution in [3.63, 3.8) is 0 Å². The van der Waals surface area contributed by atoms with Crippen LogP contribution < -0.4 is 0 Å². The monoisotopic (exact) mass is 316 g/mol. The zero-order valence-corrected chi connectivity index (χ0v) is 11.4. The molecule has 0 saturated heterocycles. The van der Waals surface area contributed by atoms with E-state index in [1.807, 2.05) is 0 Å². The molecular formula is C15H13F5N2. The van der Waals surface area contributed by atoms with Crippen molar-refractivity contribution in [2.45, 2.75) is 31.0 Å². The molecule has 2 atom stereocenters. The number of nitrogens with zero attached hydrogens (tertiary/aromatic N) is 2. The van der Waals surface area contributed by atoms with Gasteiger partial charge in [0.2, 0.25) is 0 Å². The summed E-state index contributed by atoms with van der Waals surface area (Å²) >= 11 is 0. The summed E-state index contributed by atoms with van der Waals surface area (Å²) in [4.78, 5) is 5.20. The van der Waals surface area contributed by atoms with Crippen LogP contribution in [0.4, 0.5) is 22.0 Å². The lowest BCUT2D eigenvalue weighted by molar-refractivity contribution is -0.0585. The molecule has 1 aromatic carbocycles.